The van der Waals surface area contributed by atoms with E-state index in [4.69, 9.17) is 11.0 Å². The standard InChI is InChI=1S/C11H13N3O2S/c12-8-9-7-10(1-2-11(9)13)14-3-5-17(15,16)6-4-14/h1-2,7H,3-6,13H2. The first-order valence-electron chi connectivity index (χ1n) is 5.27. The normalized spacial score (nSPS) is 18.6. The molecule has 1 fully saturated rings. The number of nitrogens with zero attached hydrogens (tertiary/aromatic N) is 2. The number of hydrogen-bond acceptors (Lipinski definition) is 5. The Kier molecular flexibility index (Phi) is 2.94. The number of nitrogen functional groups attached to an aromatic ring is 1. The second kappa shape index (κ2) is 4.26. The first-order valence-corrected chi connectivity index (χ1v) is 7.09. The molecule has 1 aromatic rings. The quantitative estimate of drug-likeness (QED) is 0.729. The highest BCUT2D eigenvalue weighted by molar-refractivity contribution is 7.91. The van der Waals surface area contributed by atoms with Gasteiger partial charge < -0.3 is 10.6 Å². The lowest BCUT2D eigenvalue weighted by atomic mass is 10.1. The predicted molar refractivity (Wildman–Crippen MR) is 66.4 cm³/mol. The van der Waals surface area contributed by atoms with Crippen LogP contribution in [0.2, 0.25) is 0 Å². The molecule has 90 valence electrons. The molecule has 0 bridgehead atoms. The van der Waals surface area contributed by atoms with Crippen molar-refractivity contribution in [1.82, 2.24) is 0 Å². The van der Waals surface area contributed by atoms with Crippen molar-refractivity contribution >= 4 is 21.2 Å². The minimum atomic E-state index is -2.88. The summed E-state index contributed by atoms with van der Waals surface area (Å²) >= 11 is 0. The van der Waals surface area contributed by atoms with Crippen LogP contribution in [-0.4, -0.2) is 33.0 Å². The van der Waals surface area contributed by atoms with Gasteiger partial charge in [-0.05, 0) is 18.2 Å². The van der Waals surface area contributed by atoms with Crippen molar-refractivity contribution in [3.8, 4) is 6.07 Å². The molecule has 1 aliphatic rings. The van der Waals surface area contributed by atoms with Crippen molar-refractivity contribution in [2.75, 3.05) is 35.2 Å². The van der Waals surface area contributed by atoms with Crippen molar-refractivity contribution < 1.29 is 8.42 Å². The SMILES string of the molecule is N#Cc1cc(N2CCS(=O)(=O)CC2)ccc1N. The molecule has 1 heterocycles. The lowest BCUT2D eigenvalue weighted by Gasteiger charge is -2.28. The minimum Gasteiger partial charge on any atom is -0.398 e. The fraction of sp³-hybridized carbons (Fsp3) is 0.364. The van der Waals surface area contributed by atoms with Crippen LogP contribution in [0.3, 0.4) is 0 Å². The largest absolute Gasteiger partial charge is 0.398 e. The Bertz CT molecular complexity index is 561. The molecule has 5 nitrogen and oxygen atoms in total. The van der Waals surface area contributed by atoms with Crippen molar-refractivity contribution in [2.24, 2.45) is 0 Å². The summed E-state index contributed by atoms with van der Waals surface area (Å²) in [4.78, 5) is 1.96. The number of nitriles is 1. The van der Waals surface area contributed by atoms with E-state index in [0.29, 0.717) is 24.3 Å². The molecule has 0 unspecified atom stereocenters. The maximum absolute atomic E-state index is 11.3. The number of benzene rings is 1. The Hall–Kier alpha value is -1.74. The number of rotatable bonds is 1. The molecule has 0 atom stereocenters. The lowest BCUT2D eigenvalue weighted by Crippen LogP contribution is -2.40. The summed E-state index contributed by atoms with van der Waals surface area (Å²) in [6.45, 7) is 0.939. The summed E-state index contributed by atoms with van der Waals surface area (Å²) in [6.07, 6.45) is 0. The second-order valence-electron chi connectivity index (χ2n) is 4.02. The zero-order valence-electron chi connectivity index (χ0n) is 9.26. The summed E-state index contributed by atoms with van der Waals surface area (Å²) < 4.78 is 22.6. The summed E-state index contributed by atoms with van der Waals surface area (Å²) in [6, 6.07) is 7.21. The maximum Gasteiger partial charge on any atom is 0.153 e. The second-order valence-corrected chi connectivity index (χ2v) is 6.33. The average Bonchev–Trinajstić information content (AvgIpc) is 2.30. The number of nitrogens with two attached hydrogens (primary N) is 1. The molecule has 17 heavy (non-hydrogen) atoms. The molecule has 0 saturated carbocycles. The Morgan fingerprint density at radius 3 is 2.53 bits per heavy atom. The Morgan fingerprint density at radius 1 is 1.29 bits per heavy atom. The van der Waals surface area contributed by atoms with Crippen LogP contribution in [0.1, 0.15) is 5.56 Å². The van der Waals surface area contributed by atoms with E-state index in [1.807, 2.05) is 17.0 Å². The minimum absolute atomic E-state index is 0.166. The van der Waals surface area contributed by atoms with E-state index in [2.05, 4.69) is 0 Å². The van der Waals surface area contributed by atoms with E-state index in [1.165, 1.54) is 0 Å². The van der Waals surface area contributed by atoms with Crippen LogP contribution in [-0.2, 0) is 9.84 Å². The molecule has 6 heteroatoms. The topological polar surface area (TPSA) is 87.2 Å². The zero-order valence-corrected chi connectivity index (χ0v) is 10.1. The Morgan fingerprint density at radius 2 is 1.94 bits per heavy atom. The van der Waals surface area contributed by atoms with Gasteiger partial charge in [-0.1, -0.05) is 0 Å². The van der Waals surface area contributed by atoms with Gasteiger partial charge in [-0.15, -0.1) is 0 Å². The van der Waals surface area contributed by atoms with E-state index >= 15 is 0 Å². The lowest BCUT2D eigenvalue weighted by molar-refractivity contribution is 0.587. The van der Waals surface area contributed by atoms with Crippen molar-refractivity contribution in [3.05, 3.63) is 23.8 Å². The number of hydrogen-bond donors (Lipinski definition) is 1. The van der Waals surface area contributed by atoms with Gasteiger partial charge in [0.15, 0.2) is 9.84 Å². The molecule has 0 aromatic heterocycles. The highest BCUT2D eigenvalue weighted by atomic mass is 32.2. The highest BCUT2D eigenvalue weighted by Gasteiger charge is 2.21. The molecule has 0 aliphatic carbocycles. The average molecular weight is 251 g/mol. The van der Waals surface area contributed by atoms with Gasteiger partial charge in [0, 0.05) is 24.5 Å². The molecule has 1 saturated heterocycles. The summed E-state index contributed by atoms with van der Waals surface area (Å²) in [5, 5.41) is 8.88. The van der Waals surface area contributed by atoms with Crippen LogP contribution in [0.15, 0.2) is 18.2 Å². The Labute approximate surface area is 100 Å². The molecule has 0 radical (unpaired) electrons. The molecule has 1 aromatic carbocycles. The van der Waals surface area contributed by atoms with Crippen molar-refractivity contribution in [3.63, 3.8) is 0 Å². The zero-order chi connectivity index (χ0) is 12.5. The molecule has 0 amide bonds. The third kappa shape index (κ3) is 2.50. The van der Waals surface area contributed by atoms with E-state index in [1.54, 1.807) is 12.1 Å². The van der Waals surface area contributed by atoms with E-state index in [9.17, 15) is 8.42 Å². The van der Waals surface area contributed by atoms with Gasteiger partial charge in [0.25, 0.3) is 0 Å². The summed E-state index contributed by atoms with van der Waals surface area (Å²) in [7, 11) is -2.88. The molecular formula is C11H13N3O2S. The van der Waals surface area contributed by atoms with E-state index < -0.39 is 9.84 Å². The van der Waals surface area contributed by atoms with Gasteiger partial charge in [-0.2, -0.15) is 5.26 Å². The third-order valence-electron chi connectivity index (χ3n) is 2.87. The van der Waals surface area contributed by atoms with Gasteiger partial charge in [0.05, 0.1) is 17.1 Å². The van der Waals surface area contributed by atoms with Crippen LogP contribution >= 0.6 is 0 Å². The van der Waals surface area contributed by atoms with Gasteiger partial charge in [0.2, 0.25) is 0 Å². The van der Waals surface area contributed by atoms with Crippen LogP contribution in [0.5, 0.6) is 0 Å². The summed E-state index contributed by atoms with van der Waals surface area (Å²) in [5.74, 6) is 0.332. The van der Waals surface area contributed by atoms with Gasteiger partial charge in [-0.25, -0.2) is 8.42 Å². The monoisotopic (exact) mass is 251 g/mol. The van der Waals surface area contributed by atoms with E-state index in [-0.39, 0.29) is 11.5 Å². The molecule has 1 aliphatic heterocycles. The van der Waals surface area contributed by atoms with Crippen LogP contribution < -0.4 is 10.6 Å². The number of sulfone groups is 1. The molecule has 2 N–H and O–H groups in total. The first-order chi connectivity index (χ1) is 8.02. The molecule has 2 rings (SSSR count). The van der Waals surface area contributed by atoms with Crippen molar-refractivity contribution in [2.45, 2.75) is 0 Å². The van der Waals surface area contributed by atoms with Crippen molar-refractivity contribution in [1.29, 1.82) is 5.26 Å². The third-order valence-corrected chi connectivity index (χ3v) is 4.48. The van der Waals surface area contributed by atoms with Crippen LogP contribution in [0.4, 0.5) is 11.4 Å². The van der Waals surface area contributed by atoms with Gasteiger partial charge in [0.1, 0.15) is 6.07 Å². The fourth-order valence-electron chi connectivity index (χ4n) is 1.81. The van der Waals surface area contributed by atoms with Crippen LogP contribution in [0, 0.1) is 11.3 Å². The first kappa shape index (κ1) is 11.7. The molecule has 0 spiro atoms. The van der Waals surface area contributed by atoms with E-state index in [0.717, 1.165) is 5.69 Å². The fourth-order valence-corrected chi connectivity index (χ4v) is 3.01. The summed E-state index contributed by atoms with van der Waals surface area (Å²) in [5.41, 5.74) is 7.36. The maximum atomic E-state index is 11.3. The molecular weight excluding hydrogens is 238 g/mol. The van der Waals surface area contributed by atoms with Gasteiger partial charge in [-0.3, -0.25) is 0 Å². The van der Waals surface area contributed by atoms with Crippen LogP contribution in [0.25, 0.3) is 0 Å². The predicted octanol–water partition coefficient (Wildman–Crippen LogP) is 0.375. The Balaban J connectivity index is 2.22. The van der Waals surface area contributed by atoms with Gasteiger partial charge >= 0.3 is 0 Å². The number of anilines is 2. The smallest absolute Gasteiger partial charge is 0.153 e. The highest BCUT2D eigenvalue weighted by Crippen LogP contribution is 2.22.